The smallest absolute Gasteiger partial charge is 0.164 e. The summed E-state index contributed by atoms with van der Waals surface area (Å²) in [7, 11) is 0. The van der Waals surface area contributed by atoms with Crippen molar-refractivity contribution in [1.82, 2.24) is 5.10 Å². The Kier molecular flexibility index (Phi) is 1.89. The van der Waals surface area contributed by atoms with Gasteiger partial charge in [-0.2, -0.15) is 5.10 Å². The number of benzene rings is 1. The van der Waals surface area contributed by atoms with E-state index in [2.05, 4.69) is 37.3 Å². The third-order valence-corrected chi connectivity index (χ3v) is 2.24. The highest BCUT2D eigenvalue weighted by Gasteiger charge is 2.09. The van der Waals surface area contributed by atoms with Crippen LogP contribution in [0.5, 0.6) is 0 Å². The molecule has 1 N–H and O–H groups in total. The number of aryl methyl sites for hydroxylation is 2. The van der Waals surface area contributed by atoms with E-state index < -0.39 is 0 Å². The molecule has 2 aromatic rings. The molecule has 0 aliphatic heterocycles. The van der Waals surface area contributed by atoms with Gasteiger partial charge >= 0.3 is 0 Å². The van der Waals surface area contributed by atoms with Gasteiger partial charge in [-0.1, -0.05) is 22.9 Å². The van der Waals surface area contributed by atoms with Gasteiger partial charge in [-0.3, -0.25) is 0 Å². The molecule has 1 aromatic heterocycles. The Morgan fingerprint density at radius 2 is 1.77 bits per heavy atom. The van der Waals surface area contributed by atoms with E-state index in [-0.39, 0.29) is 0 Å². The Balaban J connectivity index is 2.48. The molecule has 0 aliphatic carbocycles. The molecule has 0 unspecified atom stereocenters. The summed E-state index contributed by atoms with van der Waals surface area (Å²) in [6, 6.07) is 10.2. The second-order valence-corrected chi connectivity index (χ2v) is 3.25. The fraction of sp³-hybridized carbons (Fsp3) is 0.182. The zero-order valence-corrected chi connectivity index (χ0v) is 7.91. The third-order valence-electron chi connectivity index (χ3n) is 2.24. The molecule has 0 aliphatic rings. The highest BCUT2D eigenvalue weighted by Crippen LogP contribution is 2.02. The Bertz CT molecular complexity index is 382. The molecule has 2 nitrogen and oxygen atoms in total. The van der Waals surface area contributed by atoms with Crippen molar-refractivity contribution in [2.45, 2.75) is 13.8 Å². The van der Waals surface area contributed by atoms with Crippen molar-refractivity contribution >= 4 is 0 Å². The number of hydrogen-bond acceptors (Lipinski definition) is 0. The van der Waals surface area contributed by atoms with E-state index in [0.717, 1.165) is 0 Å². The standard InChI is InChI=1S/C11H12N2/c1-9-8-13(12-10(9)2)11-6-4-3-5-7-11/h3-8H,1-2H3/p+1. The molecule has 2 heteroatoms. The fourth-order valence-electron chi connectivity index (χ4n) is 1.32. The molecule has 13 heavy (non-hydrogen) atoms. The normalized spacial score (nSPS) is 10.3. The third kappa shape index (κ3) is 1.47. The number of hydrogen-bond donors (Lipinski definition) is 1. The number of aromatic nitrogens is 2. The van der Waals surface area contributed by atoms with Gasteiger partial charge in [-0.05, 0) is 13.8 Å². The maximum atomic E-state index is 3.28. The summed E-state index contributed by atoms with van der Waals surface area (Å²) in [6.07, 6.45) is 2.10. The number of nitrogens with one attached hydrogen (secondary N) is 1. The van der Waals surface area contributed by atoms with Crippen LogP contribution in [0.3, 0.4) is 0 Å². The number of H-pyrrole nitrogens is 1. The van der Waals surface area contributed by atoms with Gasteiger partial charge < -0.3 is 0 Å². The topological polar surface area (TPSA) is 19.7 Å². The Labute approximate surface area is 77.8 Å². The van der Waals surface area contributed by atoms with Gasteiger partial charge in [0.15, 0.2) is 0 Å². The number of para-hydroxylation sites is 1. The van der Waals surface area contributed by atoms with Gasteiger partial charge in [0.05, 0.1) is 5.69 Å². The molecule has 2 rings (SSSR count). The van der Waals surface area contributed by atoms with Crippen LogP contribution in [0.15, 0.2) is 36.5 Å². The van der Waals surface area contributed by atoms with Crippen LogP contribution < -0.4 is 4.68 Å². The van der Waals surface area contributed by atoms with Gasteiger partial charge in [0.1, 0.15) is 0 Å². The maximum absolute atomic E-state index is 3.28. The summed E-state index contributed by atoms with van der Waals surface area (Å²) >= 11 is 0. The van der Waals surface area contributed by atoms with Crippen molar-refractivity contribution in [3.63, 3.8) is 0 Å². The van der Waals surface area contributed by atoms with Crippen LogP contribution in [0.4, 0.5) is 0 Å². The minimum Gasteiger partial charge on any atom is -0.164 e. The van der Waals surface area contributed by atoms with Crippen molar-refractivity contribution in [3.8, 4) is 5.69 Å². The van der Waals surface area contributed by atoms with Crippen molar-refractivity contribution < 1.29 is 4.68 Å². The maximum Gasteiger partial charge on any atom is 0.235 e. The monoisotopic (exact) mass is 173 g/mol. The van der Waals surface area contributed by atoms with Crippen LogP contribution in [-0.4, -0.2) is 5.10 Å². The second kappa shape index (κ2) is 3.05. The zero-order chi connectivity index (χ0) is 9.26. The first-order chi connectivity index (χ1) is 6.27. The van der Waals surface area contributed by atoms with E-state index in [1.165, 1.54) is 16.9 Å². The van der Waals surface area contributed by atoms with Crippen molar-refractivity contribution in [2.75, 3.05) is 0 Å². The highest BCUT2D eigenvalue weighted by molar-refractivity contribution is 5.22. The minimum absolute atomic E-state index is 1.17. The quantitative estimate of drug-likeness (QED) is 0.635. The number of rotatable bonds is 1. The lowest BCUT2D eigenvalue weighted by Gasteiger charge is -1.87. The van der Waals surface area contributed by atoms with Crippen LogP contribution in [-0.2, 0) is 0 Å². The Hall–Kier alpha value is -1.57. The molecule has 0 atom stereocenters. The molecule has 66 valence electrons. The van der Waals surface area contributed by atoms with E-state index in [1.54, 1.807) is 0 Å². The first kappa shape index (κ1) is 8.05. The average Bonchev–Trinajstić information content (AvgIpc) is 2.49. The number of nitrogens with zero attached hydrogens (tertiary/aromatic N) is 1. The van der Waals surface area contributed by atoms with Gasteiger partial charge in [0.25, 0.3) is 0 Å². The molecule has 0 amide bonds. The van der Waals surface area contributed by atoms with Crippen LogP contribution >= 0.6 is 0 Å². The van der Waals surface area contributed by atoms with Gasteiger partial charge in [-0.25, -0.2) is 0 Å². The zero-order valence-electron chi connectivity index (χ0n) is 7.91. The van der Waals surface area contributed by atoms with Crippen molar-refractivity contribution in [1.29, 1.82) is 0 Å². The first-order valence-corrected chi connectivity index (χ1v) is 4.40. The molecule has 0 spiro atoms. The Morgan fingerprint density at radius 3 is 2.31 bits per heavy atom. The molecule has 0 fully saturated rings. The lowest BCUT2D eigenvalue weighted by atomic mass is 10.3. The summed E-state index contributed by atoms with van der Waals surface area (Å²) in [6.45, 7) is 4.18. The van der Waals surface area contributed by atoms with Crippen LogP contribution in [0, 0.1) is 13.8 Å². The summed E-state index contributed by atoms with van der Waals surface area (Å²) in [5.74, 6) is 0. The summed E-state index contributed by atoms with van der Waals surface area (Å²) in [4.78, 5) is 0. The molecule has 0 radical (unpaired) electrons. The molecule has 0 saturated heterocycles. The number of aromatic amines is 1. The average molecular weight is 173 g/mol. The Morgan fingerprint density at radius 1 is 1.08 bits per heavy atom. The summed E-state index contributed by atoms with van der Waals surface area (Å²) in [5.41, 5.74) is 3.66. The largest absolute Gasteiger partial charge is 0.235 e. The van der Waals surface area contributed by atoms with E-state index >= 15 is 0 Å². The first-order valence-electron chi connectivity index (χ1n) is 4.40. The van der Waals surface area contributed by atoms with Crippen LogP contribution in [0.2, 0.25) is 0 Å². The van der Waals surface area contributed by atoms with E-state index in [9.17, 15) is 0 Å². The highest BCUT2D eigenvalue weighted by atomic mass is 15.3. The van der Waals surface area contributed by atoms with Crippen molar-refractivity contribution in [2.24, 2.45) is 0 Å². The molecule has 1 aromatic carbocycles. The van der Waals surface area contributed by atoms with Crippen LogP contribution in [0.1, 0.15) is 11.3 Å². The molecule has 0 saturated carbocycles. The van der Waals surface area contributed by atoms with Crippen molar-refractivity contribution in [3.05, 3.63) is 47.8 Å². The van der Waals surface area contributed by atoms with Crippen LogP contribution in [0.25, 0.3) is 5.69 Å². The molecular formula is C11H13N2+. The van der Waals surface area contributed by atoms with E-state index in [0.29, 0.717) is 0 Å². The summed E-state index contributed by atoms with van der Waals surface area (Å²) in [5, 5.41) is 3.28. The fourth-order valence-corrected chi connectivity index (χ4v) is 1.32. The van der Waals surface area contributed by atoms with Gasteiger partial charge in [-0.15, -0.1) is 0 Å². The minimum atomic E-state index is 1.17. The SMILES string of the molecule is Cc1c[n+](-c2ccccc2)[nH]c1C. The molecule has 1 heterocycles. The predicted molar refractivity (Wildman–Crippen MR) is 51.8 cm³/mol. The second-order valence-electron chi connectivity index (χ2n) is 3.25. The summed E-state index contributed by atoms with van der Waals surface area (Å²) < 4.78 is 2.03. The van der Waals surface area contributed by atoms with E-state index in [1.807, 2.05) is 22.9 Å². The van der Waals surface area contributed by atoms with Gasteiger partial charge in [0.2, 0.25) is 11.9 Å². The van der Waals surface area contributed by atoms with E-state index in [4.69, 9.17) is 0 Å². The van der Waals surface area contributed by atoms with Gasteiger partial charge in [0, 0.05) is 17.7 Å². The molecule has 0 bridgehead atoms. The molecular weight excluding hydrogens is 160 g/mol. The lowest BCUT2D eigenvalue weighted by Crippen LogP contribution is -2.31. The predicted octanol–water partition coefficient (Wildman–Crippen LogP) is 1.91. The lowest BCUT2D eigenvalue weighted by molar-refractivity contribution is -0.655.